The van der Waals surface area contributed by atoms with Crippen molar-refractivity contribution in [1.29, 1.82) is 0 Å². The minimum absolute atomic E-state index is 0.128. The van der Waals surface area contributed by atoms with Gasteiger partial charge < -0.3 is 16.2 Å². The predicted molar refractivity (Wildman–Crippen MR) is 89.2 cm³/mol. The minimum atomic E-state index is -5.18. The van der Waals surface area contributed by atoms with Crippen LogP contribution in [0.3, 0.4) is 0 Å². The molecule has 0 aliphatic heterocycles. The number of nitrogens with one attached hydrogen (secondary N) is 1. The van der Waals surface area contributed by atoms with Gasteiger partial charge in [-0.15, -0.1) is 0 Å². The van der Waals surface area contributed by atoms with Gasteiger partial charge in [0.05, 0.1) is 28.0 Å². The van der Waals surface area contributed by atoms with Crippen LogP contribution in [0.2, 0.25) is 0 Å². The number of alkyl halides is 6. The SMILES string of the molecule is CC(=O)NC1=CC(O)C(C(N)=O)(c2cc(C(F)(F)F)cc(C(F)(F)F)c2)C=C1Cl. The van der Waals surface area contributed by atoms with Crippen molar-refractivity contribution in [2.75, 3.05) is 0 Å². The second-order valence-electron chi connectivity index (χ2n) is 6.23. The third kappa shape index (κ3) is 4.40. The largest absolute Gasteiger partial charge is 0.416 e. The summed E-state index contributed by atoms with van der Waals surface area (Å²) in [5, 5.41) is 12.2. The molecule has 2 unspecified atom stereocenters. The first kappa shape index (κ1) is 22.8. The molecular formula is C17H13ClF6N2O3. The maximum Gasteiger partial charge on any atom is 0.416 e. The Kier molecular flexibility index (Phi) is 5.79. The Balaban J connectivity index is 2.79. The Labute approximate surface area is 164 Å². The maximum absolute atomic E-state index is 13.2. The van der Waals surface area contributed by atoms with Crippen molar-refractivity contribution in [1.82, 2.24) is 5.32 Å². The Bertz CT molecular complexity index is 890. The van der Waals surface area contributed by atoms with Crippen molar-refractivity contribution < 1.29 is 41.0 Å². The Hall–Kier alpha value is -2.53. The topological polar surface area (TPSA) is 92.4 Å². The highest BCUT2D eigenvalue weighted by Crippen LogP contribution is 2.43. The molecule has 5 nitrogen and oxygen atoms in total. The zero-order valence-corrected chi connectivity index (χ0v) is 15.2. The highest BCUT2D eigenvalue weighted by atomic mass is 35.5. The van der Waals surface area contributed by atoms with E-state index < -0.39 is 57.4 Å². The zero-order chi connectivity index (χ0) is 22.4. The van der Waals surface area contributed by atoms with Gasteiger partial charge in [0.2, 0.25) is 11.8 Å². The molecule has 0 radical (unpaired) electrons. The molecule has 2 rings (SSSR count). The van der Waals surface area contributed by atoms with E-state index in [0.29, 0.717) is 6.08 Å². The summed E-state index contributed by atoms with van der Waals surface area (Å²) in [6, 6.07) is 0.430. The van der Waals surface area contributed by atoms with E-state index in [9.17, 15) is 41.0 Å². The minimum Gasteiger partial charge on any atom is -0.387 e. The average molecular weight is 443 g/mol. The fourth-order valence-electron chi connectivity index (χ4n) is 2.83. The van der Waals surface area contributed by atoms with Crippen LogP contribution in [-0.2, 0) is 27.4 Å². The number of halogens is 7. The molecule has 1 aliphatic rings. The van der Waals surface area contributed by atoms with Gasteiger partial charge in [0.25, 0.3) is 0 Å². The van der Waals surface area contributed by atoms with E-state index in [1.807, 2.05) is 0 Å². The first-order valence-corrected chi connectivity index (χ1v) is 8.13. The monoisotopic (exact) mass is 442 g/mol. The van der Waals surface area contributed by atoms with Gasteiger partial charge in [-0.1, -0.05) is 11.6 Å². The van der Waals surface area contributed by atoms with E-state index in [0.717, 1.165) is 13.0 Å². The molecule has 2 amide bonds. The van der Waals surface area contributed by atoms with Crippen molar-refractivity contribution in [3.8, 4) is 0 Å². The molecule has 12 heteroatoms. The molecule has 0 aromatic heterocycles. The van der Waals surface area contributed by atoms with Crippen molar-refractivity contribution in [2.24, 2.45) is 5.73 Å². The Morgan fingerprint density at radius 1 is 1.10 bits per heavy atom. The molecule has 2 atom stereocenters. The van der Waals surface area contributed by atoms with Gasteiger partial charge in [0.15, 0.2) is 0 Å². The summed E-state index contributed by atoms with van der Waals surface area (Å²) in [6.07, 6.45) is -10.9. The lowest BCUT2D eigenvalue weighted by atomic mass is 9.71. The van der Waals surface area contributed by atoms with E-state index in [1.54, 1.807) is 0 Å². The number of aliphatic hydroxyl groups is 1. The van der Waals surface area contributed by atoms with Crippen molar-refractivity contribution in [2.45, 2.75) is 30.8 Å². The third-order valence-corrected chi connectivity index (χ3v) is 4.50. The predicted octanol–water partition coefficient (Wildman–Crippen LogP) is 2.96. The van der Waals surface area contributed by atoms with Crippen LogP contribution in [-0.4, -0.2) is 23.0 Å². The summed E-state index contributed by atoms with van der Waals surface area (Å²) in [6.45, 7) is 1.09. The summed E-state index contributed by atoms with van der Waals surface area (Å²) in [4.78, 5) is 23.3. The number of primary amides is 1. The summed E-state index contributed by atoms with van der Waals surface area (Å²) >= 11 is 5.94. The molecule has 1 aromatic carbocycles. The van der Waals surface area contributed by atoms with Crippen LogP contribution in [0, 0.1) is 0 Å². The lowest BCUT2D eigenvalue weighted by Gasteiger charge is -2.36. The first-order valence-electron chi connectivity index (χ1n) is 7.75. The van der Waals surface area contributed by atoms with Crippen molar-refractivity contribution in [3.63, 3.8) is 0 Å². The number of amides is 2. The van der Waals surface area contributed by atoms with Crippen LogP contribution in [0.5, 0.6) is 0 Å². The first-order chi connectivity index (χ1) is 13.1. The third-order valence-electron chi connectivity index (χ3n) is 4.19. The maximum atomic E-state index is 13.2. The number of allylic oxidation sites excluding steroid dienone is 1. The summed E-state index contributed by atoms with van der Waals surface area (Å²) < 4.78 is 79.0. The van der Waals surface area contributed by atoms with E-state index in [2.05, 4.69) is 5.32 Å². The summed E-state index contributed by atoms with van der Waals surface area (Å²) in [5.41, 5.74) is -1.72. The van der Waals surface area contributed by atoms with Gasteiger partial charge in [0.1, 0.15) is 5.41 Å². The van der Waals surface area contributed by atoms with E-state index in [1.165, 1.54) is 0 Å². The van der Waals surface area contributed by atoms with Gasteiger partial charge in [-0.25, -0.2) is 0 Å². The number of carbonyl (C=O) groups is 2. The normalized spacial score (nSPS) is 22.6. The summed E-state index contributed by atoms with van der Waals surface area (Å²) in [5.74, 6) is -2.08. The lowest BCUT2D eigenvalue weighted by molar-refractivity contribution is -0.143. The number of benzene rings is 1. The van der Waals surface area contributed by atoms with Gasteiger partial charge in [-0.2, -0.15) is 26.3 Å². The molecule has 0 saturated heterocycles. The quantitative estimate of drug-likeness (QED) is 0.628. The molecule has 1 aromatic rings. The molecule has 0 spiro atoms. The van der Waals surface area contributed by atoms with Crippen LogP contribution >= 0.6 is 11.6 Å². The molecule has 0 fully saturated rings. The van der Waals surface area contributed by atoms with Gasteiger partial charge in [0, 0.05) is 6.92 Å². The Morgan fingerprint density at radius 3 is 1.97 bits per heavy atom. The highest BCUT2D eigenvalue weighted by Gasteiger charge is 2.48. The molecule has 0 heterocycles. The Morgan fingerprint density at radius 2 is 1.59 bits per heavy atom. The molecule has 1 aliphatic carbocycles. The molecule has 4 N–H and O–H groups in total. The summed E-state index contributed by atoms with van der Waals surface area (Å²) in [7, 11) is 0. The van der Waals surface area contributed by atoms with Gasteiger partial charge >= 0.3 is 12.4 Å². The van der Waals surface area contributed by atoms with Crippen LogP contribution in [0.15, 0.2) is 41.1 Å². The standard InChI is InChI=1S/C17H13ClF6N2O3/c1-7(27)26-12-5-13(28)15(14(25)29,6-11(12)18)8-2-9(16(19,20)21)4-10(3-8)17(22,23)24/h2-6,13,28H,1H3,(H2,25,29)(H,26,27). The van der Waals surface area contributed by atoms with Crippen LogP contribution in [0.25, 0.3) is 0 Å². The number of nitrogens with two attached hydrogens (primary N) is 1. The molecule has 0 bridgehead atoms. The van der Waals surface area contributed by atoms with Crippen molar-refractivity contribution in [3.05, 3.63) is 57.8 Å². The van der Waals surface area contributed by atoms with Crippen LogP contribution in [0.4, 0.5) is 26.3 Å². The van der Waals surface area contributed by atoms with Crippen molar-refractivity contribution >= 4 is 23.4 Å². The second-order valence-corrected chi connectivity index (χ2v) is 6.63. The molecule has 158 valence electrons. The molecule has 29 heavy (non-hydrogen) atoms. The van der Waals surface area contributed by atoms with E-state index >= 15 is 0 Å². The number of hydrogen-bond donors (Lipinski definition) is 3. The zero-order valence-electron chi connectivity index (χ0n) is 14.5. The van der Waals surface area contributed by atoms with E-state index in [-0.39, 0.29) is 23.9 Å². The number of hydrogen-bond acceptors (Lipinski definition) is 3. The average Bonchev–Trinajstić information content (AvgIpc) is 2.55. The second kappa shape index (κ2) is 7.38. The molecule has 0 saturated carbocycles. The smallest absolute Gasteiger partial charge is 0.387 e. The van der Waals surface area contributed by atoms with E-state index in [4.69, 9.17) is 17.3 Å². The van der Waals surface area contributed by atoms with Gasteiger partial charge in [-0.05, 0) is 35.9 Å². The van der Waals surface area contributed by atoms with Crippen LogP contribution in [0.1, 0.15) is 23.6 Å². The fourth-order valence-corrected chi connectivity index (χ4v) is 3.11. The number of rotatable bonds is 3. The van der Waals surface area contributed by atoms with Crippen LogP contribution < -0.4 is 11.1 Å². The van der Waals surface area contributed by atoms with Gasteiger partial charge in [-0.3, -0.25) is 9.59 Å². The molecular weight excluding hydrogens is 430 g/mol. The lowest BCUT2D eigenvalue weighted by Crippen LogP contribution is -2.50. The number of aliphatic hydroxyl groups excluding tert-OH is 1. The number of carbonyl (C=O) groups excluding carboxylic acids is 2. The fraction of sp³-hybridized carbons (Fsp3) is 0.294. The highest BCUT2D eigenvalue weighted by molar-refractivity contribution is 6.32.